The number of fused-ring (bicyclic) bond motifs is 3. The lowest BCUT2D eigenvalue weighted by molar-refractivity contribution is 0.0685. The molecule has 23 heavy (non-hydrogen) atoms. The van der Waals surface area contributed by atoms with Crippen molar-refractivity contribution in [3.63, 3.8) is 0 Å². The molecule has 0 bridgehead atoms. The first kappa shape index (κ1) is 14.0. The fourth-order valence-corrected chi connectivity index (χ4v) is 2.97. The molecular formula is C16H10BrN3O3. The number of carboxylic acids is 1. The van der Waals surface area contributed by atoms with Gasteiger partial charge in [0.25, 0.3) is 0 Å². The van der Waals surface area contributed by atoms with Crippen molar-refractivity contribution in [3.05, 3.63) is 58.3 Å². The maximum Gasteiger partial charge on any atom is 0.360 e. The summed E-state index contributed by atoms with van der Waals surface area (Å²) in [4.78, 5) is 15.8. The first-order valence-electron chi connectivity index (χ1n) is 6.84. The van der Waals surface area contributed by atoms with Crippen molar-refractivity contribution in [1.82, 2.24) is 14.8 Å². The number of carboxylic acid groups (broad SMARTS) is 1. The molecule has 0 saturated carbocycles. The van der Waals surface area contributed by atoms with E-state index in [-0.39, 0.29) is 11.4 Å². The summed E-state index contributed by atoms with van der Waals surface area (Å²) in [5.41, 5.74) is 2.33. The van der Waals surface area contributed by atoms with E-state index in [0.29, 0.717) is 18.1 Å². The van der Waals surface area contributed by atoms with Crippen LogP contribution in [-0.2, 0) is 6.61 Å². The summed E-state index contributed by atoms with van der Waals surface area (Å²) in [6, 6.07) is 11.2. The first-order valence-corrected chi connectivity index (χ1v) is 7.64. The van der Waals surface area contributed by atoms with Crippen molar-refractivity contribution >= 4 is 21.9 Å². The number of pyridine rings is 1. The van der Waals surface area contributed by atoms with E-state index in [1.54, 1.807) is 18.3 Å². The predicted octanol–water partition coefficient (Wildman–Crippen LogP) is 3.29. The number of nitrogens with zero attached hydrogens (tertiary/aromatic N) is 3. The lowest BCUT2D eigenvalue weighted by Gasteiger charge is -2.19. The molecule has 7 heteroatoms. The number of aromatic carboxylic acids is 1. The molecule has 0 aliphatic carbocycles. The largest absolute Gasteiger partial charge is 0.484 e. The van der Waals surface area contributed by atoms with E-state index in [0.717, 1.165) is 15.6 Å². The van der Waals surface area contributed by atoms with Crippen LogP contribution in [0.25, 0.3) is 17.1 Å². The highest BCUT2D eigenvalue weighted by Crippen LogP contribution is 2.42. The Morgan fingerprint density at radius 2 is 2.17 bits per heavy atom. The van der Waals surface area contributed by atoms with Gasteiger partial charge in [0.15, 0.2) is 11.6 Å². The van der Waals surface area contributed by atoms with Gasteiger partial charge in [-0.1, -0.05) is 28.1 Å². The number of aromatic nitrogens is 3. The van der Waals surface area contributed by atoms with E-state index in [9.17, 15) is 9.90 Å². The summed E-state index contributed by atoms with van der Waals surface area (Å²) in [5.74, 6) is -0.323. The Hall–Kier alpha value is -2.67. The molecule has 0 unspecified atom stereocenters. The average Bonchev–Trinajstić information content (AvgIpc) is 2.96. The second-order valence-corrected chi connectivity index (χ2v) is 5.94. The molecule has 0 amide bonds. The fourth-order valence-electron chi connectivity index (χ4n) is 2.61. The standard InChI is InChI=1S/C16H10BrN3O3/c17-10-5-4-9-8-23-15-13(16(21)22)19-20(14(15)11(9)7-10)12-3-1-2-6-18-12/h1-7H,8H2,(H,21,22). The van der Waals surface area contributed by atoms with Gasteiger partial charge in [0, 0.05) is 16.2 Å². The minimum absolute atomic E-state index is 0.115. The molecule has 1 aliphatic rings. The van der Waals surface area contributed by atoms with E-state index in [2.05, 4.69) is 26.0 Å². The average molecular weight is 372 g/mol. The van der Waals surface area contributed by atoms with Crippen LogP contribution in [0.4, 0.5) is 0 Å². The zero-order valence-electron chi connectivity index (χ0n) is 11.7. The van der Waals surface area contributed by atoms with Gasteiger partial charge in [0.2, 0.25) is 5.69 Å². The van der Waals surface area contributed by atoms with Gasteiger partial charge in [0.1, 0.15) is 12.3 Å². The second-order valence-electron chi connectivity index (χ2n) is 5.02. The summed E-state index contributed by atoms with van der Waals surface area (Å²) in [6.45, 7) is 0.309. The molecule has 1 aromatic carbocycles. The summed E-state index contributed by atoms with van der Waals surface area (Å²) < 4.78 is 8.09. The molecular weight excluding hydrogens is 362 g/mol. The zero-order valence-corrected chi connectivity index (χ0v) is 13.3. The maximum absolute atomic E-state index is 11.5. The van der Waals surface area contributed by atoms with Gasteiger partial charge in [-0.2, -0.15) is 5.10 Å². The van der Waals surface area contributed by atoms with Gasteiger partial charge in [-0.3, -0.25) is 0 Å². The Morgan fingerprint density at radius 1 is 1.30 bits per heavy atom. The Balaban J connectivity index is 2.05. The Morgan fingerprint density at radius 3 is 2.91 bits per heavy atom. The molecule has 6 nitrogen and oxygen atoms in total. The number of carbonyl (C=O) groups is 1. The van der Waals surface area contributed by atoms with Crippen molar-refractivity contribution in [2.24, 2.45) is 0 Å². The van der Waals surface area contributed by atoms with E-state index >= 15 is 0 Å². The molecule has 3 aromatic rings. The third kappa shape index (κ3) is 2.20. The number of rotatable bonds is 2. The molecule has 0 saturated heterocycles. The van der Waals surface area contributed by atoms with Crippen molar-refractivity contribution in [1.29, 1.82) is 0 Å². The van der Waals surface area contributed by atoms with E-state index in [4.69, 9.17) is 4.74 Å². The second kappa shape index (κ2) is 5.20. The molecule has 1 aliphatic heterocycles. The number of ether oxygens (including phenoxy) is 1. The smallest absolute Gasteiger partial charge is 0.360 e. The van der Waals surface area contributed by atoms with Crippen LogP contribution in [0, 0.1) is 0 Å². The minimum atomic E-state index is -1.13. The molecule has 114 valence electrons. The molecule has 4 rings (SSSR count). The van der Waals surface area contributed by atoms with Crippen LogP contribution in [-0.4, -0.2) is 25.8 Å². The van der Waals surface area contributed by atoms with Crippen molar-refractivity contribution in [3.8, 4) is 22.8 Å². The third-order valence-corrected chi connectivity index (χ3v) is 4.10. The van der Waals surface area contributed by atoms with E-state index < -0.39 is 5.97 Å². The Labute approximate surface area is 139 Å². The van der Waals surface area contributed by atoms with Crippen LogP contribution in [0.5, 0.6) is 5.75 Å². The van der Waals surface area contributed by atoms with Crippen LogP contribution >= 0.6 is 15.9 Å². The maximum atomic E-state index is 11.5. The molecule has 0 fully saturated rings. The van der Waals surface area contributed by atoms with Crippen LogP contribution in [0.2, 0.25) is 0 Å². The molecule has 0 radical (unpaired) electrons. The lowest BCUT2D eigenvalue weighted by atomic mass is 10.0. The number of hydrogen-bond donors (Lipinski definition) is 1. The molecule has 0 spiro atoms. The summed E-state index contributed by atoms with van der Waals surface area (Å²) in [6.07, 6.45) is 1.63. The van der Waals surface area contributed by atoms with Crippen LogP contribution < -0.4 is 4.74 Å². The fraction of sp³-hybridized carbons (Fsp3) is 0.0625. The van der Waals surface area contributed by atoms with Crippen molar-refractivity contribution < 1.29 is 14.6 Å². The van der Waals surface area contributed by atoms with Crippen LogP contribution in [0.15, 0.2) is 47.1 Å². The van der Waals surface area contributed by atoms with E-state index in [1.165, 1.54) is 4.68 Å². The predicted molar refractivity (Wildman–Crippen MR) is 85.8 cm³/mol. The van der Waals surface area contributed by atoms with Gasteiger partial charge in [-0.25, -0.2) is 14.5 Å². The number of halogens is 1. The topological polar surface area (TPSA) is 77.2 Å². The number of benzene rings is 1. The Bertz CT molecular complexity index is 922. The summed E-state index contributed by atoms with van der Waals surface area (Å²) in [5, 5.41) is 13.6. The number of hydrogen-bond acceptors (Lipinski definition) is 4. The van der Waals surface area contributed by atoms with Crippen LogP contribution in [0.3, 0.4) is 0 Å². The van der Waals surface area contributed by atoms with Crippen molar-refractivity contribution in [2.75, 3.05) is 0 Å². The molecule has 0 atom stereocenters. The highest BCUT2D eigenvalue weighted by atomic mass is 79.9. The van der Waals surface area contributed by atoms with Gasteiger partial charge in [0.05, 0.1) is 0 Å². The Kier molecular flexibility index (Phi) is 3.16. The zero-order chi connectivity index (χ0) is 16.0. The summed E-state index contributed by atoms with van der Waals surface area (Å²) >= 11 is 3.46. The van der Waals surface area contributed by atoms with Gasteiger partial charge < -0.3 is 9.84 Å². The quantitative estimate of drug-likeness (QED) is 0.747. The van der Waals surface area contributed by atoms with Gasteiger partial charge in [-0.15, -0.1) is 0 Å². The van der Waals surface area contributed by atoms with Crippen LogP contribution in [0.1, 0.15) is 16.1 Å². The highest BCUT2D eigenvalue weighted by molar-refractivity contribution is 9.10. The van der Waals surface area contributed by atoms with Gasteiger partial charge in [-0.05, 0) is 29.8 Å². The van der Waals surface area contributed by atoms with Gasteiger partial charge >= 0.3 is 5.97 Å². The SMILES string of the molecule is O=C(O)c1nn(-c2ccccn2)c2c1OCc1ccc(Br)cc1-2. The molecule has 3 heterocycles. The molecule has 2 aromatic heterocycles. The first-order chi connectivity index (χ1) is 11.1. The lowest BCUT2D eigenvalue weighted by Crippen LogP contribution is -2.09. The minimum Gasteiger partial charge on any atom is -0.484 e. The summed E-state index contributed by atoms with van der Waals surface area (Å²) in [7, 11) is 0. The molecule has 1 N–H and O–H groups in total. The normalized spacial score (nSPS) is 12.2. The third-order valence-electron chi connectivity index (χ3n) is 3.61. The van der Waals surface area contributed by atoms with Crippen molar-refractivity contribution in [2.45, 2.75) is 6.61 Å². The monoisotopic (exact) mass is 371 g/mol. The van der Waals surface area contributed by atoms with E-state index in [1.807, 2.05) is 24.3 Å². The highest BCUT2D eigenvalue weighted by Gasteiger charge is 2.31.